The summed E-state index contributed by atoms with van der Waals surface area (Å²) < 4.78 is 0. The van der Waals surface area contributed by atoms with Gasteiger partial charge in [-0.1, -0.05) is 65.1 Å². The first kappa shape index (κ1) is 28.7. The molecule has 0 aromatic heterocycles. The second kappa shape index (κ2) is 14.7. The van der Waals surface area contributed by atoms with Crippen molar-refractivity contribution in [2.75, 3.05) is 0 Å². The van der Waals surface area contributed by atoms with Crippen LogP contribution in [0.3, 0.4) is 0 Å². The van der Waals surface area contributed by atoms with Crippen LogP contribution < -0.4 is 20.0 Å². The molecule has 4 heteroatoms. The minimum absolute atomic E-state index is 0. The van der Waals surface area contributed by atoms with Crippen LogP contribution in [0.25, 0.3) is 10.8 Å². The van der Waals surface area contributed by atoms with Crippen molar-refractivity contribution in [3.05, 3.63) is 90.0 Å². The third kappa shape index (κ3) is 8.08. The van der Waals surface area contributed by atoms with Gasteiger partial charge in [-0.15, -0.1) is 46.8 Å². The first-order chi connectivity index (χ1) is 13.2. The SMILES string of the molecule is CCCC(C)C1=[C-]CC=C1.Cc1ccccc1Pc1cc2ccccc2[cH-]1.[F-].[F-].[Hf+4]. The fourth-order valence-electron chi connectivity index (χ4n) is 3.44. The molecule has 156 valence electrons. The van der Waals surface area contributed by atoms with Gasteiger partial charge >= 0.3 is 25.8 Å². The number of allylic oxidation sites excluding steroid dienone is 4. The predicted octanol–water partition coefficient (Wildman–Crippen LogP) is 0.614. The van der Waals surface area contributed by atoms with E-state index in [1.54, 1.807) is 0 Å². The third-order valence-electron chi connectivity index (χ3n) is 5.02. The van der Waals surface area contributed by atoms with E-state index in [1.807, 2.05) is 0 Å². The summed E-state index contributed by atoms with van der Waals surface area (Å²) in [5, 5.41) is 5.58. The van der Waals surface area contributed by atoms with Gasteiger partial charge in [0.05, 0.1) is 0 Å². The van der Waals surface area contributed by atoms with E-state index < -0.39 is 0 Å². The van der Waals surface area contributed by atoms with E-state index in [9.17, 15) is 0 Å². The maximum Gasteiger partial charge on any atom is 4.00 e. The summed E-state index contributed by atoms with van der Waals surface area (Å²) >= 11 is 0. The van der Waals surface area contributed by atoms with Crippen LogP contribution in [0, 0.1) is 18.9 Å². The van der Waals surface area contributed by atoms with Crippen LogP contribution in [-0.4, -0.2) is 0 Å². The Labute approximate surface area is 200 Å². The number of benzene rings is 2. The summed E-state index contributed by atoms with van der Waals surface area (Å²) in [6.07, 6.45) is 11.3. The third-order valence-corrected chi connectivity index (χ3v) is 6.42. The van der Waals surface area contributed by atoms with Gasteiger partial charge in [-0.3, -0.25) is 6.08 Å². The Morgan fingerprint density at radius 2 is 1.77 bits per heavy atom. The van der Waals surface area contributed by atoms with Gasteiger partial charge in [-0.05, 0) is 24.2 Å². The molecule has 0 nitrogen and oxygen atoms in total. The molecule has 3 aromatic rings. The largest absolute Gasteiger partial charge is 4.00 e. The van der Waals surface area contributed by atoms with Crippen molar-refractivity contribution in [3.8, 4) is 0 Å². The zero-order valence-electron chi connectivity index (χ0n) is 17.9. The molecular formula is C26H29F2HfP. The second-order valence-electron chi connectivity index (χ2n) is 7.24. The number of halogens is 2. The number of aryl methyl sites for hydroxylation is 1. The number of hydrogen-bond donors (Lipinski definition) is 0. The minimum atomic E-state index is 0. The van der Waals surface area contributed by atoms with E-state index in [1.165, 1.54) is 45.4 Å². The van der Waals surface area contributed by atoms with Crippen LogP contribution in [0.5, 0.6) is 0 Å². The molecule has 3 aromatic carbocycles. The molecule has 0 saturated carbocycles. The maximum absolute atomic E-state index is 3.35. The Bertz CT molecular complexity index is 910. The van der Waals surface area contributed by atoms with E-state index in [-0.39, 0.29) is 35.3 Å². The summed E-state index contributed by atoms with van der Waals surface area (Å²) in [6.45, 7) is 6.70. The van der Waals surface area contributed by atoms with Gasteiger partial charge in [-0.2, -0.15) is 12.1 Å². The van der Waals surface area contributed by atoms with Gasteiger partial charge in [-0.25, -0.2) is 11.6 Å². The monoisotopic (exact) mass is 590 g/mol. The molecule has 0 bridgehead atoms. The van der Waals surface area contributed by atoms with Gasteiger partial charge in [0.1, 0.15) is 0 Å². The fourth-order valence-corrected chi connectivity index (χ4v) is 4.67. The van der Waals surface area contributed by atoms with Crippen molar-refractivity contribution in [3.63, 3.8) is 0 Å². The van der Waals surface area contributed by atoms with Crippen LogP contribution in [0.4, 0.5) is 0 Å². The van der Waals surface area contributed by atoms with E-state index >= 15 is 0 Å². The van der Waals surface area contributed by atoms with Gasteiger partial charge in [0.15, 0.2) is 0 Å². The predicted molar refractivity (Wildman–Crippen MR) is 123 cm³/mol. The Balaban J connectivity index is 0.000000569. The summed E-state index contributed by atoms with van der Waals surface area (Å²) in [6, 6.07) is 21.8. The van der Waals surface area contributed by atoms with Crippen LogP contribution in [0.2, 0.25) is 0 Å². The van der Waals surface area contributed by atoms with E-state index in [2.05, 4.69) is 99.7 Å². The van der Waals surface area contributed by atoms with Gasteiger partial charge < -0.3 is 9.41 Å². The molecule has 4 rings (SSSR count). The van der Waals surface area contributed by atoms with Crippen molar-refractivity contribution < 1.29 is 35.3 Å². The number of rotatable bonds is 5. The summed E-state index contributed by atoms with van der Waals surface area (Å²) in [5.41, 5.74) is 2.80. The Morgan fingerprint density at radius 3 is 2.40 bits per heavy atom. The topological polar surface area (TPSA) is 0 Å². The molecule has 0 spiro atoms. The van der Waals surface area contributed by atoms with Crippen molar-refractivity contribution in [2.24, 2.45) is 5.92 Å². The molecular weight excluding hydrogens is 560 g/mol. The fraction of sp³-hybridized carbons (Fsp3) is 0.269. The van der Waals surface area contributed by atoms with Crippen molar-refractivity contribution in [1.29, 1.82) is 0 Å². The Kier molecular flexibility index (Phi) is 14.0. The van der Waals surface area contributed by atoms with E-state index in [0.29, 0.717) is 0 Å². The summed E-state index contributed by atoms with van der Waals surface area (Å²) in [5.74, 6) is 0.726. The molecule has 0 heterocycles. The van der Waals surface area contributed by atoms with Crippen molar-refractivity contribution >= 4 is 30.0 Å². The first-order valence-corrected chi connectivity index (χ1v) is 10.9. The van der Waals surface area contributed by atoms with Crippen LogP contribution in [0.15, 0.2) is 78.4 Å². The average Bonchev–Trinajstić information content (AvgIpc) is 3.33. The number of hydrogen-bond acceptors (Lipinski definition) is 0. The molecule has 0 radical (unpaired) electrons. The smallest absolute Gasteiger partial charge is 1.00 e. The zero-order valence-corrected chi connectivity index (χ0v) is 22.5. The standard InChI is InChI=1S/C16H14P.C10H15.2FH.Hf/c1-12-6-2-5-9-16(12)17-15-10-13-7-3-4-8-14(13)11-15;1-3-6-9(2)10-7-4-5-8-10;;;/h2-11,17H,1H3;4,7,9H,3,5-6H2,1-2H3;2*1H;/q2*-1;;;+4/p-2. The molecule has 2 unspecified atom stereocenters. The van der Waals surface area contributed by atoms with Gasteiger partial charge in [0, 0.05) is 0 Å². The second-order valence-corrected chi connectivity index (χ2v) is 8.61. The molecule has 1 aliphatic carbocycles. The summed E-state index contributed by atoms with van der Waals surface area (Å²) in [7, 11) is 0.759. The zero-order chi connectivity index (χ0) is 19.1. The van der Waals surface area contributed by atoms with Crippen molar-refractivity contribution in [1.82, 2.24) is 0 Å². The van der Waals surface area contributed by atoms with Crippen LogP contribution in [-0.2, 0) is 25.8 Å². The maximum atomic E-state index is 3.35. The van der Waals surface area contributed by atoms with Gasteiger partial charge in [0.2, 0.25) is 0 Å². The molecule has 0 amide bonds. The Hall–Kier alpha value is -1.31. The molecule has 0 saturated heterocycles. The minimum Gasteiger partial charge on any atom is -1.00 e. The molecule has 2 atom stereocenters. The van der Waals surface area contributed by atoms with E-state index in [4.69, 9.17) is 0 Å². The van der Waals surface area contributed by atoms with Crippen LogP contribution in [0.1, 0.15) is 38.7 Å². The van der Waals surface area contributed by atoms with Gasteiger partial charge in [0.25, 0.3) is 0 Å². The normalized spacial score (nSPS) is 13.0. The average molecular weight is 589 g/mol. The molecule has 0 fully saturated rings. The summed E-state index contributed by atoms with van der Waals surface area (Å²) in [4.78, 5) is 0. The van der Waals surface area contributed by atoms with Crippen LogP contribution >= 0.6 is 8.58 Å². The molecule has 0 aliphatic heterocycles. The number of fused-ring (bicyclic) bond motifs is 1. The molecule has 30 heavy (non-hydrogen) atoms. The first-order valence-electron chi connectivity index (χ1n) is 9.92. The molecule has 0 N–H and O–H groups in total. The molecule has 1 aliphatic rings. The quantitative estimate of drug-likeness (QED) is 0.233. The Morgan fingerprint density at radius 1 is 1.07 bits per heavy atom. The van der Waals surface area contributed by atoms with E-state index in [0.717, 1.165) is 20.9 Å². The van der Waals surface area contributed by atoms with Crippen molar-refractivity contribution in [2.45, 2.75) is 40.0 Å².